The number of ether oxygens (including phenoxy) is 1. The maximum atomic E-state index is 11.2. The van der Waals surface area contributed by atoms with Gasteiger partial charge in [0.1, 0.15) is 5.75 Å². The fourth-order valence-electron chi connectivity index (χ4n) is 2.41. The Morgan fingerprint density at radius 2 is 1.84 bits per heavy atom. The van der Waals surface area contributed by atoms with E-state index in [4.69, 9.17) is 16.3 Å². The lowest BCUT2D eigenvalue weighted by Gasteiger charge is -2.19. The van der Waals surface area contributed by atoms with Crippen LogP contribution in [0.1, 0.15) is 43.1 Å². The second-order valence-electron chi connectivity index (χ2n) is 6.87. The van der Waals surface area contributed by atoms with Gasteiger partial charge < -0.3 is 15.2 Å². The zero-order valence-corrected chi connectivity index (χ0v) is 15.6. The Labute approximate surface area is 153 Å². The van der Waals surface area contributed by atoms with Gasteiger partial charge in [-0.05, 0) is 41.7 Å². The minimum Gasteiger partial charge on any atom is -0.494 e. The number of hydrogen-bond acceptors (Lipinski definition) is 3. The summed E-state index contributed by atoms with van der Waals surface area (Å²) in [6.45, 7) is 7.64. The second kappa shape index (κ2) is 8.26. The van der Waals surface area contributed by atoms with E-state index in [1.54, 1.807) is 12.1 Å². The largest absolute Gasteiger partial charge is 0.494 e. The Bertz CT molecular complexity index is 721. The highest BCUT2D eigenvalue weighted by Crippen LogP contribution is 2.26. The van der Waals surface area contributed by atoms with E-state index in [2.05, 4.69) is 38.2 Å². The smallest absolute Gasteiger partial charge is 0.337 e. The molecule has 5 heteroatoms. The number of anilines is 1. The molecule has 0 radical (unpaired) electrons. The van der Waals surface area contributed by atoms with Crippen LogP contribution in [0.2, 0.25) is 5.02 Å². The molecule has 0 aliphatic rings. The van der Waals surface area contributed by atoms with Crippen molar-refractivity contribution >= 4 is 23.3 Å². The predicted octanol–water partition coefficient (Wildman–Crippen LogP) is 5.22. The van der Waals surface area contributed by atoms with Gasteiger partial charge in [-0.1, -0.05) is 50.6 Å². The number of aromatic carboxylic acids is 1. The van der Waals surface area contributed by atoms with E-state index in [0.29, 0.717) is 23.9 Å². The summed E-state index contributed by atoms with van der Waals surface area (Å²) >= 11 is 6.08. The van der Waals surface area contributed by atoms with Crippen LogP contribution < -0.4 is 10.1 Å². The van der Waals surface area contributed by atoms with Gasteiger partial charge >= 0.3 is 5.97 Å². The van der Waals surface area contributed by atoms with E-state index < -0.39 is 5.97 Å². The molecule has 0 bridgehead atoms. The fourth-order valence-corrected chi connectivity index (χ4v) is 2.65. The molecule has 0 aliphatic heterocycles. The summed E-state index contributed by atoms with van der Waals surface area (Å²) in [6, 6.07) is 12.9. The Morgan fingerprint density at radius 1 is 1.16 bits per heavy atom. The van der Waals surface area contributed by atoms with Gasteiger partial charge in [-0.25, -0.2) is 4.79 Å². The molecule has 4 nitrogen and oxygen atoms in total. The molecule has 25 heavy (non-hydrogen) atoms. The van der Waals surface area contributed by atoms with Crippen molar-refractivity contribution < 1.29 is 14.6 Å². The molecule has 0 unspecified atom stereocenters. The van der Waals surface area contributed by atoms with Gasteiger partial charge in [0.05, 0.1) is 22.9 Å². The second-order valence-corrected chi connectivity index (χ2v) is 7.28. The molecular weight excluding hydrogens is 338 g/mol. The molecule has 0 fully saturated rings. The number of carbonyl (C=O) groups is 1. The number of carboxylic acid groups (broad SMARTS) is 1. The van der Waals surface area contributed by atoms with Crippen molar-refractivity contribution in [2.75, 3.05) is 18.5 Å². The van der Waals surface area contributed by atoms with Crippen LogP contribution in [0.25, 0.3) is 0 Å². The Kier molecular flexibility index (Phi) is 6.32. The topological polar surface area (TPSA) is 58.6 Å². The quantitative estimate of drug-likeness (QED) is 0.664. The van der Waals surface area contributed by atoms with Crippen molar-refractivity contribution in [3.8, 4) is 5.75 Å². The minimum absolute atomic E-state index is 0.124. The molecule has 2 rings (SSSR count). The third-order valence-corrected chi connectivity index (χ3v) is 4.17. The van der Waals surface area contributed by atoms with Crippen LogP contribution in [0, 0.1) is 0 Å². The molecule has 0 spiro atoms. The van der Waals surface area contributed by atoms with E-state index in [0.717, 1.165) is 12.2 Å². The minimum atomic E-state index is -1.000. The molecule has 2 aromatic carbocycles. The molecule has 2 N–H and O–H groups in total. The normalized spacial score (nSPS) is 11.2. The number of nitrogens with one attached hydrogen (secondary N) is 1. The van der Waals surface area contributed by atoms with E-state index in [9.17, 15) is 9.90 Å². The summed E-state index contributed by atoms with van der Waals surface area (Å²) < 4.78 is 5.73. The SMILES string of the molecule is CC(C)(C)c1ccc(OCCCNc2c(Cl)cccc2C(=O)O)cc1. The van der Waals surface area contributed by atoms with Crippen molar-refractivity contribution in [3.05, 3.63) is 58.6 Å². The van der Waals surface area contributed by atoms with Crippen LogP contribution in [-0.4, -0.2) is 24.2 Å². The third-order valence-electron chi connectivity index (χ3n) is 3.86. The first-order chi connectivity index (χ1) is 11.8. The van der Waals surface area contributed by atoms with Gasteiger partial charge in [0.15, 0.2) is 0 Å². The van der Waals surface area contributed by atoms with E-state index in [1.165, 1.54) is 11.6 Å². The summed E-state index contributed by atoms with van der Waals surface area (Å²) in [5.74, 6) is -0.169. The van der Waals surface area contributed by atoms with Crippen LogP contribution in [0.15, 0.2) is 42.5 Å². The molecule has 2 aromatic rings. The molecule has 0 heterocycles. The van der Waals surface area contributed by atoms with Crippen molar-refractivity contribution in [2.45, 2.75) is 32.6 Å². The maximum absolute atomic E-state index is 11.2. The Hall–Kier alpha value is -2.20. The predicted molar refractivity (Wildman–Crippen MR) is 102 cm³/mol. The van der Waals surface area contributed by atoms with Gasteiger partial charge in [-0.15, -0.1) is 0 Å². The number of para-hydroxylation sites is 1. The van der Waals surface area contributed by atoms with Crippen LogP contribution >= 0.6 is 11.6 Å². The first kappa shape index (κ1) is 19.1. The fraction of sp³-hybridized carbons (Fsp3) is 0.350. The molecule has 134 valence electrons. The van der Waals surface area contributed by atoms with Crippen LogP contribution in [0.3, 0.4) is 0 Å². The number of halogens is 1. The van der Waals surface area contributed by atoms with Gasteiger partial charge in [-0.2, -0.15) is 0 Å². The lowest BCUT2D eigenvalue weighted by Crippen LogP contribution is -2.12. The average Bonchev–Trinajstić information content (AvgIpc) is 2.55. The molecule has 0 saturated carbocycles. The zero-order valence-electron chi connectivity index (χ0n) is 14.8. The number of carboxylic acids is 1. The van der Waals surface area contributed by atoms with Crippen LogP contribution in [-0.2, 0) is 5.41 Å². The van der Waals surface area contributed by atoms with Gasteiger partial charge in [0, 0.05) is 6.54 Å². The summed E-state index contributed by atoms with van der Waals surface area (Å²) in [5, 5.41) is 12.7. The Morgan fingerprint density at radius 3 is 2.44 bits per heavy atom. The molecule has 0 atom stereocenters. The van der Waals surface area contributed by atoms with Crippen molar-refractivity contribution in [2.24, 2.45) is 0 Å². The first-order valence-electron chi connectivity index (χ1n) is 8.28. The molecule has 0 aromatic heterocycles. The number of hydrogen-bond donors (Lipinski definition) is 2. The number of benzene rings is 2. The van der Waals surface area contributed by atoms with Crippen molar-refractivity contribution in [1.82, 2.24) is 0 Å². The lowest BCUT2D eigenvalue weighted by molar-refractivity contribution is 0.0698. The van der Waals surface area contributed by atoms with Gasteiger partial charge in [0.25, 0.3) is 0 Å². The molecule has 0 aliphatic carbocycles. The van der Waals surface area contributed by atoms with E-state index >= 15 is 0 Å². The summed E-state index contributed by atoms with van der Waals surface area (Å²) in [6.07, 6.45) is 0.727. The zero-order chi connectivity index (χ0) is 18.4. The standard InChI is InChI=1S/C20H24ClNO3/c1-20(2,3)14-8-10-15(11-9-14)25-13-5-12-22-18-16(19(23)24)6-4-7-17(18)21/h4,6-11,22H,5,12-13H2,1-3H3,(H,23,24). The lowest BCUT2D eigenvalue weighted by atomic mass is 9.87. The highest BCUT2D eigenvalue weighted by molar-refractivity contribution is 6.34. The van der Waals surface area contributed by atoms with Crippen molar-refractivity contribution in [3.63, 3.8) is 0 Å². The Balaban J connectivity index is 1.82. The summed E-state index contributed by atoms with van der Waals surface area (Å²) in [7, 11) is 0. The highest BCUT2D eigenvalue weighted by Gasteiger charge is 2.13. The van der Waals surface area contributed by atoms with E-state index in [1.807, 2.05) is 12.1 Å². The third kappa shape index (κ3) is 5.40. The van der Waals surface area contributed by atoms with Gasteiger partial charge in [-0.3, -0.25) is 0 Å². The first-order valence-corrected chi connectivity index (χ1v) is 8.66. The summed E-state index contributed by atoms with van der Waals surface area (Å²) in [5.41, 5.74) is 2.01. The van der Waals surface area contributed by atoms with Gasteiger partial charge in [0.2, 0.25) is 0 Å². The van der Waals surface area contributed by atoms with Crippen LogP contribution in [0.4, 0.5) is 5.69 Å². The molecule has 0 amide bonds. The van der Waals surface area contributed by atoms with Crippen molar-refractivity contribution in [1.29, 1.82) is 0 Å². The van der Waals surface area contributed by atoms with Crippen LogP contribution in [0.5, 0.6) is 5.75 Å². The summed E-state index contributed by atoms with van der Waals surface area (Å²) in [4.78, 5) is 11.2. The average molecular weight is 362 g/mol. The monoisotopic (exact) mass is 361 g/mol. The molecule has 0 saturated heterocycles. The molecular formula is C20H24ClNO3. The van der Waals surface area contributed by atoms with E-state index in [-0.39, 0.29) is 11.0 Å². The highest BCUT2D eigenvalue weighted by atomic mass is 35.5. The number of rotatable bonds is 7. The maximum Gasteiger partial charge on any atom is 0.337 e.